The largest absolute Gasteiger partial charge is 0.497 e. The molecule has 0 saturated heterocycles. The van der Waals surface area contributed by atoms with Crippen LogP contribution in [-0.4, -0.2) is 32.0 Å². The lowest BCUT2D eigenvalue weighted by Gasteiger charge is -2.12. The van der Waals surface area contributed by atoms with Crippen LogP contribution in [0.1, 0.15) is 21.7 Å². The zero-order valence-corrected chi connectivity index (χ0v) is 15.2. The number of carbonyl (C=O) groups is 2. The monoisotopic (exact) mass is 367 g/mol. The number of carbonyl (C=O) groups excluding carboxylic acids is 2. The molecule has 0 unspecified atom stereocenters. The lowest BCUT2D eigenvalue weighted by atomic mass is 10.2. The van der Waals surface area contributed by atoms with Crippen LogP contribution in [0.3, 0.4) is 0 Å². The SMILES string of the molecule is COc1ccc2oc(C(=O)N[C@H](C=O)COCc3ccc(C)cc3)cc2c1. The van der Waals surface area contributed by atoms with Crippen LogP contribution in [0.5, 0.6) is 5.75 Å². The standard InChI is InChI=1S/C21H21NO5/c1-14-3-5-15(6-4-14)12-26-13-17(11-23)22-21(24)20-10-16-9-18(25-2)7-8-19(16)27-20/h3-11,17H,12-13H2,1-2H3,(H,22,24)/t17-/m1/s1. The fourth-order valence-corrected chi connectivity index (χ4v) is 2.60. The maximum atomic E-state index is 12.4. The molecule has 6 nitrogen and oxygen atoms in total. The Kier molecular flexibility index (Phi) is 5.88. The number of hydrogen-bond donors (Lipinski definition) is 1. The van der Waals surface area contributed by atoms with Gasteiger partial charge in [-0.15, -0.1) is 0 Å². The topological polar surface area (TPSA) is 77.8 Å². The van der Waals surface area contributed by atoms with Crippen molar-refractivity contribution in [1.29, 1.82) is 0 Å². The molecule has 27 heavy (non-hydrogen) atoms. The first-order chi connectivity index (χ1) is 13.1. The van der Waals surface area contributed by atoms with Gasteiger partial charge >= 0.3 is 0 Å². The molecule has 1 atom stereocenters. The fourth-order valence-electron chi connectivity index (χ4n) is 2.60. The number of aldehydes is 1. The molecule has 0 bridgehead atoms. The van der Waals surface area contributed by atoms with E-state index in [9.17, 15) is 9.59 Å². The van der Waals surface area contributed by atoms with Crippen LogP contribution in [-0.2, 0) is 16.1 Å². The van der Waals surface area contributed by atoms with Crippen LogP contribution in [0.4, 0.5) is 0 Å². The first kappa shape index (κ1) is 18.7. The molecule has 6 heteroatoms. The summed E-state index contributed by atoms with van der Waals surface area (Å²) in [6.07, 6.45) is 0.652. The highest BCUT2D eigenvalue weighted by Gasteiger charge is 2.17. The second-order valence-electron chi connectivity index (χ2n) is 6.23. The Balaban J connectivity index is 1.57. The van der Waals surface area contributed by atoms with Gasteiger partial charge in [-0.05, 0) is 36.8 Å². The Labute approximate surface area is 157 Å². The number of benzene rings is 2. The van der Waals surface area contributed by atoms with E-state index in [-0.39, 0.29) is 12.4 Å². The molecule has 0 fully saturated rings. The van der Waals surface area contributed by atoms with Crippen molar-refractivity contribution in [2.75, 3.05) is 13.7 Å². The van der Waals surface area contributed by atoms with Crippen LogP contribution in [0.2, 0.25) is 0 Å². The molecule has 0 aliphatic rings. The predicted octanol–water partition coefficient (Wildman–Crippen LogP) is 3.26. The second kappa shape index (κ2) is 8.51. The number of fused-ring (bicyclic) bond motifs is 1. The van der Waals surface area contributed by atoms with Gasteiger partial charge in [0.2, 0.25) is 0 Å². The minimum atomic E-state index is -0.759. The number of aryl methyl sites for hydroxylation is 1. The predicted molar refractivity (Wildman–Crippen MR) is 101 cm³/mol. The van der Waals surface area contributed by atoms with E-state index in [0.717, 1.165) is 10.9 Å². The summed E-state index contributed by atoms with van der Waals surface area (Å²) in [5.74, 6) is 0.329. The molecule has 0 aliphatic carbocycles. The Morgan fingerprint density at radius 1 is 1.19 bits per heavy atom. The lowest BCUT2D eigenvalue weighted by Crippen LogP contribution is -2.39. The molecule has 1 N–H and O–H groups in total. The van der Waals surface area contributed by atoms with Gasteiger partial charge in [0.05, 0.1) is 20.3 Å². The summed E-state index contributed by atoms with van der Waals surface area (Å²) in [6, 6.07) is 14.0. The molecule has 0 radical (unpaired) electrons. The summed E-state index contributed by atoms with van der Waals surface area (Å²) in [4.78, 5) is 23.6. The van der Waals surface area contributed by atoms with Crippen molar-refractivity contribution in [1.82, 2.24) is 5.32 Å². The quantitative estimate of drug-likeness (QED) is 0.618. The third kappa shape index (κ3) is 4.74. The molecule has 3 aromatic rings. The van der Waals surface area contributed by atoms with E-state index in [2.05, 4.69) is 5.32 Å². The van der Waals surface area contributed by atoms with Gasteiger partial charge in [0.25, 0.3) is 5.91 Å². The third-order valence-corrected chi connectivity index (χ3v) is 4.11. The van der Waals surface area contributed by atoms with E-state index in [1.807, 2.05) is 31.2 Å². The average molecular weight is 367 g/mol. The molecule has 3 rings (SSSR count). The maximum Gasteiger partial charge on any atom is 0.287 e. The molecule has 1 heterocycles. The number of ether oxygens (including phenoxy) is 2. The first-order valence-electron chi connectivity index (χ1n) is 8.56. The number of nitrogens with one attached hydrogen (secondary N) is 1. The zero-order valence-electron chi connectivity index (χ0n) is 15.2. The van der Waals surface area contributed by atoms with E-state index in [1.54, 1.807) is 31.4 Å². The minimum absolute atomic E-state index is 0.0805. The molecule has 1 aromatic heterocycles. The van der Waals surface area contributed by atoms with Crippen molar-refractivity contribution >= 4 is 23.2 Å². The van der Waals surface area contributed by atoms with Gasteiger partial charge in [-0.2, -0.15) is 0 Å². The molecular formula is C21H21NO5. The number of amides is 1. The van der Waals surface area contributed by atoms with Gasteiger partial charge in [-0.25, -0.2) is 0 Å². The highest BCUT2D eigenvalue weighted by atomic mass is 16.5. The van der Waals surface area contributed by atoms with Crippen molar-refractivity contribution in [3.8, 4) is 5.75 Å². The van der Waals surface area contributed by atoms with Crippen molar-refractivity contribution in [3.63, 3.8) is 0 Å². The minimum Gasteiger partial charge on any atom is -0.497 e. The molecule has 0 saturated carbocycles. The van der Waals surface area contributed by atoms with Gasteiger partial charge < -0.3 is 24.0 Å². The first-order valence-corrected chi connectivity index (χ1v) is 8.56. The van der Waals surface area contributed by atoms with E-state index in [0.29, 0.717) is 24.2 Å². The number of rotatable bonds is 8. The molecular weight excluding hydrogens is 346 g/mol. The third-order valence-electron chi connectivity index (χ3n) is 4.11. The van der Waals surface area contributed by atoms with Gasteiger partial charge in [0, 0.05) is 5.39 Å². The highest BCUT2D eigenvalue weighted by Crippen LogP contribution is 2.24. The van der Waals surface area contributed by atoms with Gasteiger partial charge in [0.1, 0.15) is 23.7 Å². The zero-order chi connectivity index (χ0) is 19.2. The Bertz CT molecular complexity index is 929. The highest BCUT2D eigenvalue weighted by molar-refractivity contribution is 5.97. The van der Waals surface area contributed by atoms with Gasteiger partial charge in [-0.3, -0.25) is 4.79 Å². The summed E-state index contributed by atoms with van der Waals surface area (Å²) < 4.78 is 16.2. The van der Waals surface area contributed by atoms with E-state index >= 15 is 0 Å². The van der Waals surface area contributed by atoms with Crippen LogP contribution >= 0.6 is 0 Å². The van der Waals surface area contributed by atoms with Crippen LogP contribution < -0.4 is 10.1 Å². The molecule has 2 aromatic carbocycles. The van der Waals surface area contributed by atoms with Crippen molar-refractivity contribution in [2.45, 2.75) is 19.6 Å². The summed E-state index contributed by atoms with van der Waals surface area (Å²) in [7, 11) is 1.57. The Hall–Kier alpha value is -3.12. The van der Waals surface area contributed by atoms with Crippen molar-refractivity contribution < 1.29 is 23.5 Å². The van der Waals surface area contributed by atoms with Crippen LogP contribution in [0.25, 0.3) is 11.0 Å². The van der Waals surface area contributed by atoms with E-state index in [4.69, 9.17) is 13.9 Å². The van der Waals surface area contributed by atoms with Crippen molar-refractivity contribution in [2.24, 2.45) is 0 Å². The molecule has 0 spiro atoms. The van der Waals surface area contributed by atoms with Crippen LogP contribution in [0.15, 0.2) is 52.9 Å². The second-order valence-corrected chi connectivity index (χ2v) is 6.23. The Morgan fingerprint density at radius 3 is 2.67 bits per heavy atom. The van der Waals surface area contributed by atoms with Crippen molar-refractivity contribution in [3.05, 3.63) is 65.4 Å². The average Bonchev–Trinajstić information content (AvgIpc) is 3.12. The summed E-state index contributed by atoms with van der Waals surface area (Å²) >= 11 is 0. The van der Waals surface area contributed by atoms with E-state index < -0.39 is 11.9 Å². The fraction of sp³-hybridized carbons (Fsp3) is 0.238. The molecule has 1 amide bonds. The summed E-state index contributed by atoms with van der Waals surface area (Å²) in [5.41, 5.74) is 2.74. The Morgan fingerprint density at radius 2 is 1.96 bits per heavy atom. The molecule has 0 aliphatic heterocycles. The van der Waals surface area contributed by atoms with Gasteiger partial charge in [0.15, 0.2) is 5.76 Å². The normalized spacial score (nSPS) is 11.9. The lowest BCUT2D eigenvalue weighted by molar-refractivity contribution is -0.110. The number of methoxy groups -OCH3 is 1. The number of furan rings is 1. The summed E-state index contributed by atoms with van der Waals surface area (Å²) in [6.45, 7) is 2.46. The maximum absolute atomic E-state index is 12.4. The smallest absolute Gasteiger partial charge is 0.287 e. The van der Waals surface area contributed by atoms with Gasteiger partial charge in [-0.1, -0.05) is 29.8 Å². The number of hydrogen-bond acceptors (Lipinski definition) is 5. The molecule has 140 valence electrons. The van der Waals surface area contributed by atoms with Crippen LogP contribution in [0, 0.1) is 6.92 Å². The van der Waals surface area contributed by atoms with E-state index in [1.165, 1.54) is 5.56 Å². The summed E-state index contributed by atoms with van der Waals surface area (Å²) in [5, 5.41) is 3.36.